The van der Waals surface area contributed by atoms with Gasteiger partial charge in [-0.1, -0.05) is 35.9 Å². The lowest BCUT2D eigenvalue weighted by molar-refractivity contribution is 0.176. The van der Waals surface area contributed by atoms with Gasteiger partial charge in [-0.2, -0.15) is 0 Å². The first kappa shape index (κ1) is 14.4. The predicted octanol–water partition coefficient (Wildman–Crippen LogP) is 4.30. The monoisotopic (exact) mass is 306 g/mol. The summed E-state index contributed by atoms with van der Waals surface area (Å²) in [6.45, 7) is 0. The third kappa shape index (κ3) is 3.55. The molecule has 0 saturated heterocycles. The normalized spacial score (nSPS) is 15.8. The highest BCUT2D eigenvalue weighted by Crippen LogP contribution is 2.29. The van der Waals surface area contributed by atoms with Gasteiger partial charge in [0.1, 0.15) is 11.6 Å². The van der Waals surface area contributed by atoms with Gasteiger partial charge in [0.15, 0.2) is 0 Å². The lowest BCUT2D eigenvalue weighted by atomic mass is 10.0. The summed E-state index contributed by atoms with van der Waals surface area (Å²) in [6, 6.07) is 12.1. The van der Waals surface area contributed by atoms with Crippen LogP contribution in [-0.4, -0.2) is 11.2 Å². The molecule has 3 rings (SSSR count). The Morgan fingerprint density at radius 1 is 1.24 bits per heavy atom. The molecule has 0 aromatic heterocycles. The molecule has 2 aromatic rings. The summed E-state index contributed by atoms with van der Waals surface area (Å²) in [5, 5.41) is 10.4. The van der Waals surface area contributed by atoms with E-state index < -0.39 is 11.9 Å². The van der Waals surface area contributed by atoms with E-state index in [9.17, 15) is 9.50 Å². The molecule has 110 valence electrons. The van der Waals surface area contributed by atoms with E-state index in [0.717, 1.165) is 18.6 Å². The Morgan fingerprint density at radius 3 is 2.76 bits per heavy atom. The maximum absolute atomic E-state index is 13.9. The van der Waals surface area contributed by atoms with Gasteiger partial charge >= 0.3 is 0 Å². The zero-order valence-electron chi connectivity index (χ0n) is 11.4. The zero-order chi connectivity index (χ0) is 14.8. The quantitative estimate of drug-likeness (QED) is 0.892. The topological polar surface area (TPSA) is 29.5 Å². The lowest BCUT2D eigenvalue weighted by Gasteiger charge is -2.14. The highest BCUT2D eigenvalue weighted by molar-refractivity contribution is 6.30. The number of hydrogen-bond acceptors (Lipinski definition) is 2. The first-order valence-corrected chi connectivity index (χ1v) is 7.39. The minimum absolute atomic E-state index is 0.0746. The van der Waals surface area contributed by atoms with Gasteiger partial charge in [-0.25, -0.2) is 4.39 Å². The molecule has 2 aromatic carbocycles. The van der Waals surface area contributed by atoms with Crippen molar-refractivity contribution in [3.63, 3.8) is 0 Å². The minimum Gasteiger partial charge on any atom is -0.490 e. The van der Waals surface area contributed by atoms with Crippen LogP contribution in [-0.2, 0) is 6.42 Å². The van der Waals surface area contributed by atoms with Crippen molar-refractivity contribution in [1.29, 1.82) is 0 Å². The van der Waals surface area contributed by atoms with Crippen molar-refractivity contribution in [2.75, 3.05) is 0 Å². The molecule has 1 unspecified atom stereocenters. The molecule has 0 spiro atoms. The van der Waals surface area contributed by atoms with Crippen molar-refractivity contribution in [2.45, 2.75) is 31.5 Å². The molecule has 0 radical (unpaired) electrons. The van der Waals surface area contributed by atoms with E-state index in [1.54, 1.807) is 12.1 Å². The summed E-state index contributed by atoms with van der Waals surface area (Å²) in [5.41, 5.74) is 1.12. The molecule has 0 bridgehead atoms. The smallest absolute Gasteiger partial charge is 0.145 e. The van der Waals surface area contributed by atoms with E-state index in [0.29, 0.717) is 17.2 Å². The highest BCUT2D eigenvalue weighted by atomic mass is 35.5. The molecular formula is C17H16ClFO2. The Balaban J connectivity index is 1.75. The fourth-order valence-corrected chi connectivity index (χ4v) is 2.40. The van der Waals surface area contributed by atoms with Crippen LogP contribution in [0.3, 0.4) is 0 Å². The van der Waals surface area contributed by atoms with Crippen LogP contribution < -0.4 is 4.74 Å². The van der Waals surface area contributed by atoms with Crippen molar-refractivity contribution in [3.05, 3.63) is 64.4 Å². The molecule has 1 saturated carbocycles. The minimum atomic E-state index is -0.791. The van der Waals surface area contributed by atoms with Crippen LogP contribution in [0.2, 0.25) is 5.02 Å². The molecule has 0 aliphatic heterocycles. The third-order valence-electron chi connectivity index (χ3n) is 3.51. The largest absolute Gasteiger partial charge is 0.490 e. The Hall–Kier alpha value is -1.58. The second-order valence-electron chi connectivity index (χ2n) is 5.32. The average molecular weight is 307 g/mol. The van der Waals surface area contributed by atoms with E-state index in [-0.39, 0.29) is 11.4 Å². The molecule has 4 heteroatoms. The summed E-state index contributed by atoms with van der Waals surface area (Å²) in [5.74, 6) is 0.282. The molecule has 1 aliphatic carbocycles. The molecule has 1 atom stereocenters. The molecule has 1 aliphatic rings. The van der Waals surface area contributed by atoms with Crippen molar-refractivity contribution in [3.8, 4) is 5.75 Å². The molecule has 0 amide bonds. The van der Waals surface area contributed by atoms with Gasteiger partial charge < -0.3 is 9.84 Å². The van der Waals surface area contributed by atoms with Gasteiger partial charge in [0, 0.05) is 6.42 Å². The van der Waals surface area contributed by atoms with E-state index >= 15 is 0 Å². The van der Waals surface area contributed by atoms with Crippen molar-refractivity contribution >= 4 is 11.6 Å². The van der Waals surface area contributed by atoms with Gasteiger partial charge in [0.05, 0.1) is 17.2 Å². The first-order chi connectivity index (χ1) is 10.1. The number of benzene rings is 2. The van der Waals surface area contributed by atoms with E-state index in [4.69, 9.17) is 16.3 Å². The molecule has 0 heterocycles. The molecular weight excluding hydrogens is 291 g/mol. The second-order valence-corrected chi connectivity index (χ2v) is 5.73. The second kappa shape index (κ2) is 6.04. The fraction of sp³-hybridized carbons (Fsp3) is 0.294. The summed E-state index contributed by atoms with van der Waals surface area (Å²) in [7, 11) is 0. The van der Waals surface area contributed by atoms with Crippen LogP contribution in [0.4, 0.5) is 4.39 Å². The third-order valence-corrected chi connectivity index (χ3v) is 3.81. The van der Waals surface area contributed by atoms with Gasteiger partial charge in [0.25, 0.3) is 0 Å². The van der Waals surface area contributed by atoms with Crippen LogP contribution in [0.25, 0.3) is 0 Å². The SMILES string of the molecule is OC(Cc1cccc(Cl)c1F)c1cccc(OC2CC2)c1. The number of hydrogen-bond donors (Lipinski definition) is 1. The number of rotatable bonds is 5. The average Bonchev–Trinajstić information content (AvgIpc) is 3.28. The fourth-order valence-electron chi connectivity index (χ4n) is 2.21. The van der Waals surface area contributed by atoms with Gasteiger partial charge in [-0.05, 0) is 42.2 Å². The van der Waals surface area contributed by atoms with Gasteiger partial charge in [-0.3, -0.25) is 0 Å². The summed E-state index contributed by atoms with van der Waals surface area (Å²) >= 11 is 5.76. The maximum atomic E-state index is 13.9. The van der Waals surface area contributed by atoms with Crippen LogP contribution in [0.5, 0.6) is 5.75 Å². The van der Waals surface area contributed by atoms with Crippen molar-refractivity contribution in [1.82, 2.24) is 0 Å². The molecule has 1 fully saturated rings. The van der Waals surface area contributed by atoms with E-state index in [2.05, 4.69) is 0 Å². The van der Waals surface area contributed by atoms with Crippen molar-refractivity contribution < 1.29 is 14.2 Å². The number of ether oxygens (including phenoxy) is 1. The number of halogens is 2. The zero-order valence-corrected chi connectivity index (χ0v) is 12.2. The van der Waals surface area contributed by atoms with Crippen LogP contribution in [0.15, 0.2) is 42.5 Å². The Bertz CT molecular complexity index is 640. The van der Waals surface area contributed by atoms with Gasteiger partial charge in [0.2, 0.25) is 0 Å². The van der Waals surface area contributed by atoms with Crippen molar-refractivity contribution in [2.24, 2.45) is 0 Å². The summed E-state index contributed by atoms with van der Waals surface area (Å²) in [6.07, 6.45) is 1.86. The van der Waals surface area contributed by atoms with Crippen LogP contribution >= 0.6 is 11.6 Å². The molecule has 1 N–H and O–H groups in total. The number of aliphatic hydroxyl groups excluding tert-OH is 1. The highest BCUT2D eigenvalue weighted by Gasteiger charge is 2.23. The number of aliphatic hydroxyl groups is 1. The van der Waals surface area contributed by atoms with E-state index in [1.807, 2.05) is 24.3 Å². The summed E-state index contributed by atoms with van der Waals surface area (Å²) in [4.78, 5) is 0. The van der Waals surface area contributed by atoms with E-state index in [1.165, 1.54) is 6.07 Å². The lowest BCUT2D eigenvalue weighted by Crippen LogP contribution is -2.05. The van der Waals surface area contributed by atoms with Gasteiger partial charge in [-0.15, -0.1) is 0 Å². The molecule has 21 heavy (non-hydrogen) atoms. The first-order valence-electron chi connectivity index (χ1n) is 7.01. The maximum Gasteiger partial charge on any atom is 0.145 e. The Kier molecular flexibility index (Phi) is 4.13. The predicted molar refractivity (Wildman–Crippen MR) is 80.2 cm³/mol. The Morgan fingerprint density at radius 2 is 2.00 bits per heavy atom. The van der Waals surface area contributed by atoms with Crippen LogP contribution in [0, 0.1) is 5.82 Å². The van der Waals surface area contributed by atoms with Crippen LogP contribution in [0.1, 0.15) is 30.1 Å². The standard InChI is InChI=1S/C17H16ClFO2/c18-15-6-2-4-12(17(15)19)10-16(20)11-3-1-5-14(9-11)21-13-7-8-13/h1-6,9,13,16,20H,7-8,10H2. The Labute approximate surface area is 128 Å². The molecule has 2 nitrogen and oxygen atoms in total. The summed E-state index contributed by atoms with van der Waals surface area (Å²) < 4.78 is 19.6.